The van der Waals surface area contributed by atoms with Gasteiger partial charge in [-0.3, -0.25) is 0 Å². The molecule has 2 heteroatoms. The largest absolute Gasteiger partial charge is 0.307 e. The van der Waals surface area contributed by atoms with Crippen LogP contribution < -0.4 is 5.32 Å². The van der Waals surface area contributed by atoms with Gasteiger partial charge in [0.1, 0.15) is 0 Å². The molecule has 10 heavy (non-hydrogen) atoms. The highest BCUT2D eigenvalue weighted by Crippen LogP contribution is 2.17. The van der Waals surface area contributed by atoms with Crippen molar-refractivity contribution in [3.8, 4) is 0 Å². The van der Waals surface area contributed by atoms with Crippen molar-refractivity contribution in [2.45, 2.75) is 12.5 Å². The Hall–Kier alpha value is -0.340. The summed E-state index contributed by atoms with van der Waals surface area (Å²) >= 11 is 0. The van der Waals surface area contributed by atoms with Gasteiger partial charge in [0.25, 0.3) is 0 Å². The summed E-state index contributed by atoms with van der Waals surface area (Å²) in [5.41, 5.74) is 1.61. The van der Waals surface area contributed by atoms with E-state index in [4.69, 9.17) is 0 Å². The molecular formula is C8H14N2. The first-order chi connectivity index (χ1) is 4.86. The molecule has 1 unspecified atom stereocenters. The second kappa shape index (κ2) is 2.36. The van der Waals surface area contributed by atoms with Crippen molar-refractivity contribution in [2.75, 3.05) is 26.7 Å². The van der Waals surface area contributed by atoms with Gasteiger partial charge in [-0.1, -0.05) is 6.08 Å². The molecule has 0 aromatic carbocycles. The Morgan fingerprint density at radius 3 is 3.50 bits per heavy atom. The number of likely N-dealkylation sites (tertiary alicyclic amines) is 1. The molecule has 0 aliphatic carbocycles. The van der Waals surface area contributed by atoms with Crippen LogP contribution in [-0.4, -0.2) is 37.6 Å². The first kappa shape index (κ1) is 6.38. The zero-order valence-corrected chi connectivity index (χ0v) is 6.43. The van der Waals surface area contributed by atoms with Crippen LogP contribution in [0.4, 0.5) is 0 Å². The summed E-state index contributed by atoms with van der Waals surface area (Å²) in [4.78, 5) is 2.38. The monoisotopic (exact) mass is 138 g/mol. The third-order valence-corrected chi connectivity index (χ3v) is 2.43. The number of nitrogens with one attached hydrogen (secondary N) is 1. The van der Waals surface area contributed by atoms with Crippen LogP contribution in [0.5, 0.6) is 0 Å². The number of rotatable bonds is 0. The predicted molar refractivity (Wildman–Crippen MR) is 42.0 cm³/mol. The first-order valence-electron chi connectivity index (χ1n) is 3.97. The summed E-state index contributed by atoms with van der Waals surface area (Å²) in [6, 6.07) is 0.719. The van der Waals surface area contributed by atoms with Crippen molar-refractivity contribution in [3.05, 3.63) is 11.6 Å². The molecule has 1 N–H and O–H groups in total. The molecule has 0 amide bonds. The quantitative estimate of drug-likeness (QED) is 0.482. The fourth-order valence-corrected chi connectivity index (χ4v) is 1.81. The highest BCUT2D eigenvalue weighted by atomic mass is 15.1. The SMILES string of the molecule is CN1CCC2NCC=C2C1. The molecule has 2 aliphatic rings. The lowest BCUT2D eigenvalue weighted by atomic mass is 10.0. The maximum Gasteiger partial charge on any atom is 0.0307 e. The predicted octanol–water partition coefficient (Wildman–Crippen LogP) is 0.220. The van der Waals surface area contributed by atoms with Crippen LogP contribution in [0.15, 0.2) is 11.6 Å². The van der Waals surface area contributed by atoms with Gasteiger partial charge in [-0.2, -0.15) is 0 Å². The number of hydrogen-bond acceptors (Lipinski definition) is 2. The lowest BCUT2D eigenvalue weighted by molar-refractivity contribution is 0.299. The van der Waals surface area contributed by atoms with Crippen molar-refractivity contribution in [1.82, 2.24) is 10.2 Å². The van der Waals surface area contributed by atoms with Gasteiger partial charge in [0.15, 0.2) is 0 Å². The normalized spacial score (nSPS) is 33.7. The first-order valence-corrected chi connectivity index (χ1v) is 3.97. The van der Waals surface area contributed by atoms with Crippen molar-refractivity contribution in [2.24, 2.45) is 0 Å². The van der Waals surface area contributed by atoms with Gasteiger partial charge in [-0.15, -0.1) is 0 Å². The third kappa shape index (κ3) is 0.976. The van der Waals surface area contributed by atoms with Gasteiger partial charge < -0.3 is 10.2 Å². The van der Waals surface area contributed by atoms with E-state index < -0.39 is 0 Å². The van der Waals surface area contributed by atoms with E-state index in [9.17, 15) is 0 Å². The van der Waals surface area contributed by atoms with Gasteiger partial charge in [-0.05, 0) is 25.6 Å². The van der Waals surface area contributed by atoms with Gasteiger partial charge in [-0.25, -0.2) is 0 Å². The summed E-state index contributed by atoms with van der Waals surface area (Å²) in [5.74, 6) is 0. The molecular weight excluding hydrogens is 124 g/mol. The molecule has 1 saturated heterocycles. The summed E-state index contributed by atoms with van der Waals surface area (Å²) in [6.07, 6.45) is 3.63. The average Bonchev–Trinajstić information content (AvgIpc) is 2.33. The van der Waals surface area contributed by atoms with Crippen LogP contribution in [0.1, 0.15) is 6.42 Å². The topological polar surface area (TPSA) is 15.3 Å². The average molecular weight is 138 g/mol. The van der Waals surface area contributed by atoms with E-state index in [0.717, 1.165) is 12.6 Å². The third-order valence-electron chi connectivity index (χ3n) is 2.43. The molecule has 0 spiro atoms. The molecule has 0 saturated carbocycles. The van der Waals surface area contributed by atoms with Crippen LogP contribution >= 0.6 is 0 Å². The molecule has 2 aliphatic heterocycles. The minimum atomic E-state index is 0.719. The molecule has 0 bridgehead atoms. The van der Waals surface area contributed by atoms with Gasteiger partial charge >= 0.3 is 0 Å². The summed E-state index contributed by atoms with van der Waals surface area (Å²) < 4.78 is 0. The van der Waals surface area contributed by atoms with E-state index in [1.54, 1.807) is 5.57 Å². The van der Waals surface area contributed by atoms with E-state index in [2.05, 4.69) is 23.3 Å². The van der Waals surface area contributed by atoms with Crippen LogP contribution in [0, 0.1) is 0 Å². The second-order valence-electron chi connectivity index (χ2n) is 3.27. The van der Waals surface area contributed by atoms with Crippen LogP contribution in [0.25, 0.3) is 0 Å². The summed E-state index contributed by atoms with van der Waals surface area (Å²) in [6.45, 7) is 3.51. The highest BCUT2D eigenvalue weighted by Gasteiger charge is 2.23. The Bertz CT molecular complexity index is 163. The molecule has 2 nitrogen and oxygen atoms in total. The van der Waals surface area contributed by atoms with Crippen molar-refractivity contribution >= 4 is 0 Å². The Morgan fingerprint density at radius 2 is 2.60 bits per heavy atom. The van der Waals surface area contributed by atoms with Crippen molar-refractivity contribution in [1.29, 1.82) is 0 Å². The lowest BCUT2D eigenvalue weighted by Crippen LogP contribution is -2.39. The van der Waals surface area contributed by atoms with E-state index in [0.29, 0.717) is 0 Å². The Labute approximate surface area is 61.9 Å². The van der Waals surface area contributed by atoms with E-state index in [1.807, 2.05) is 0 Å². The summed E-state index contributed by atoms with van der Waals surface area (Å²) in [5, 5.41) is 3.46. The Balaban J connectivity index is 2.07. The van der Waals surface area contributed by atoms with E-state index in [1.165, 1.54) is 19.5 Å². The van der Waals surface area contributed by atoms with Crippen LogP contribution in [-0.2, 0) is 0 Å². The van der Waals surface area contributed by atoms with Crippen LogP contribution in [0.2, 0.25) is 0 Å². The van der Waals surface area contributed by atoms with Crippen molar-refractivity contribution in [3.63, 3.8) is 0 Å². The van der Waals surface area contributed by atoms with Gasteiger partial charge in [0.2, 0.25) is 0 Å². The minimum Gasteiger partial charge on any atom is -0.307 e. The number of nitrogens with zero attached hydrogens (tertiary/aromatic N) is 1. The molecule has 1 fully saturated rings. The molecule has 0 aromatic heterocycles. The number of fused-ring (bicyclic) bond motifs is 1. The molecule has 0 aromatic rings. The smallest absolute Gasteiger partial charge is 0.0307 e. The molecule has 0 radical (unpaired) electrons. The fourth-order valence-electron chi connectivity index (χ4n) is 1.81. The van der Waals surface area contributed by atoms with Crippen molar-refractivity contribution < 1.29 is 0 Å². The molecule has 1 atom stereocenters. The maximum absolute atomic E-state index is 3.46. The van der Waals surface area contributed by atoms with Gasteiger partial charge in [0, 0.05) is 19.1 Å². The molecule has 2 heterocycles. The zero-order valence-electron chi connectivity index (χ0n) is 6.43. The summed E-state index contributed by atoms with van der Waals surface area (Å²) in [7, 11) is 2.19. The Morgan fingerprint density at radius 1 is 1.70 bits per heavy atom. The van der Waals surface area contributed by atoms with E-state index in [-0.39, 0.29) is 0 Å². The Kier molecular flexibility index (Phi) is 1.51. The highest BCUT2D eigenvalue weighted by molar-refractivity contribution is 5.20. The second-order valence-corrected chi connectivity index (χ2v) is 3.27. The van der Waals surface area contributed by atoms with Crippen LogP contribution in [0.3, 0.4) is 0 Å². The van der Waals surface area contributed by atoms with Gasteiger partial charge in [0.05, 0.1) is 0 Å². The number of piperidine rings is 1. The fraction of sp³-hybridized carbons (Fsp3) is 0.750. The van der Waals surface area contributed by atoms with E-state index >= 15 is 0 Å². The molecule has 2 rings (SSSR count). The molecule has 56 valence electrons. The lowest BCUT2D eigenvalue weighted by Gasteiger charge is -2.28. The number of likely N-dealkylation sites (N-methyl/N-ethyl adjacent to an activating group) is 1. The number of hydrogen-bond donors (Lipinski definition) is 1. The minimum absolute atomic E-state index is 0.719. The standard InChI is InChI=1S/C8H14N2/c1-10-5-3-8-7(6-10)2-4-9-8/h2,8-9H,3-6H2,1H3. The zero-order chi connectivity index (χ0) is 6.97. The maximum atomic E-state index is 3.46.